The van der Waals surface area contributed by atoms with E-state index in [0.717, 1.165) is 57.1 Å². The lowest BCUT2D eigenvalue weighted by atomic mass is 10.1. The summed E-state index contributed by atoms with van der Waals surface area (Å²) in [4.78, 5) is 1.50. The van der Waals surface area contributed by atoms with Crippen molar-refractivity contribution in [2.45, 2.75) is 19.1 Å². The number of rotatable bonds is 8. The molecular weight excluding hydrogens is 383 g/mol. The quantitative estimate of drug-likeness (QED) is 0.648. The SMILES string of the molecule is COc1ccc(CC[NH2+]CC2C[NH+](Cc3cccc(Cl)c3Cl)CCO2)cc1. The summed E-state index contributed by atoms with van der Waals surface area (Å²) >= 11 is 12.5. The van der Waals surface area contributed by atoms with Gasteiger partial charge in [0, 0.05) is 12.0 Å². The summed E-state index contributed by atoms with van der Waals surface area (Å²) < 4.78 is 11.2. The second-order valence-corrected chi connectivity index (χ2v) is 7.78. The zero-order valence-electron chi connectivity index (χ0n) is 15.7. The predicted molar refractivity (Wildman–Crippen MR) is 109 cm³/mol. The number of nitrogens with two attached hydrogens (primary N) is 1. The van der Waals surface area contributed by atoms with Crippen molar-refractivity contribution in [3.63, 3.8) is 0 Å². The summed E-state index contributed by atoms with van der Waals surface area (Å²) in [5.41, 5.74) is 2.45. The molecule has 0 aromatic heterocycles. The van der Waals surface area contributed by atoms with E-state index >= 15 is 0 Å². The number of morpholine rings is 1. The van der Waals surface area contributed by atoms with E-state index < -0.39 is 0 Å². The van der Waals surface area contributed by atoms with Gasteiger partial charge in [-0.1, -0.05) is 47.5 Å². The number of ether oxygens (including phenoxy) is 2. The summed E-state index contributed by atoms with van der Waals surface area (Å²) in [6.45, 7) is 5.74. The lowest BCUT2D eigenvalue weighted by Gasteiger charge is -2.29. The van der Waals surface area contributed by atoms with E-state index in [1.165, 1.54) is 10.5 Å². The van der Waals surface area contributed by atoms with E-state index in [4.69, 9.17) is 32.7 Å². The molecule has 3 N–H and O–H groups in total. The average Bonchev–Trinajstić information content (AvgIpc) is 2.70. The van der Waals surface area contributed by atoms with Gasteiger partial charge in [-0.15, -0.1) is 0 Å². The molecule has 1 heterocycles. The van der Waals surface area contributed by atoms with Gasteiger partial charge in [0.15, 0.2) is 6.10 Å². The molecule has 27 heavy (non-hydrogen) atoms. The zero-order chi connectivity index (χ0) is 19.1. The molecule has 0 radical (unpaired) electrons. The van der Waals surface area contributed by atoms with Crippen LogP contribution in [0, 0.1) is 0 Å². The van der Waals surface area contributed by atoms with Crippen LogP contribution in [0.1, 0.15) is 11.1 Å². The molecule has 2 aromatic carbocycles. The lowest BCUT2D eigenvalue weighted by Crippen LogP contribution is -3.14. The van der Waals surface area contributed by atoms with Crippen molar-refractivity contribution in [3.8, 4) is 5.75 Å². The number of hydrogen-bond donors (Lipinski definition) is 2. The molecule has 1 fully saturated rings. The van der Waals surface area contributed by atoms with Crippen LogP contribution in [0.2, 0.25) is 10.0 Å². The van der Waals surface area contributed by atoms with Crippen LogP contribution in [-0.2, 0) is 17.7 Å². The number of quaternary nitrogens is 2. The third kappa shape index (κ3) is 6.09. The maximum atomic E-state index is 6.34. The molecule has 3 rings (SSSR count). The fourth-order valence-corrected chi connectivity index (χ4v) is 3.87. The van der Waals surface area contributed by atoms with Crippen molar-refractivity contribution in [1.82, 2.24) is 0 Å². The Kier molecular flexibility index (Phi) is 7.80. The Bertz CT molecular complexity index is 725. The first-order valence-corrected chi connectivity index (χ1v) is 10.2. The van der Waals surface area contributed by atoms with E-state index in [2.05, 4.69) is 23.5 Å². The van der Waals surface area contributed by atoms with Gasteiger partial charge in [-0.2, -0.15) is 0 Å². The van der Waals surface area contributed by atoms with Crippen LogP contribution >= 0.6 is 23.2 Å². The molecule has 2 atom stereocenters. The topological polar surface area (TPSA) is 39.5 Å². The Labute approximate surface area is 171 Å². The van der Waals surface area contributed by atoms with Crippen molar-refractivity contribution in [2.24, 2.45) is 0 Å². The fraction of sp³-hybridized carbons (Fsp3) is 0.429. The van der Waals surface area contributed by atoms with Crippen molar-refractivity contribution in [3.05, 3.63) is 63.6 Å². The molecular formula is C21H28Cl2N2O2+2. The maximum Gasteiger partial charge on any atom is 0.155 e. The second-order valence-electron chi connectivity index (χ2n) is 7.00. The van der Waals surface area contributed by atoms with E-state index in [1.54, 1.807) is 7.11 Å². The molecule has 2 aromatic rings. The predicted octanol–water partition coefficient (Wildman–Crippen LogP) is 1.59. The Morgan fingerprint density at radius 3 is 2.78 bits per heavy atom. The van der Waals surface area contributed by atoms with Crippen molar-refractivity contribution >= 4 is 23.2 Å². The summed E-state index contributed by atoms with van der Waals surface area (Å²) in [6.07, 6.45) is 1.33. The highest BCUT2D eigenvalue weighted by atomic mass is 35.5. The van der Waals surface area contributed by atoms with Gasteiger partial charge in [0.05, 0.1) is 30.3 Å². The summed E-state index contributed by atoms with van der Waals surface area (Å²) in [7, 11) is 1.69. The van der Waals surface area contributed by atoms with Crippen molar-refractivity contribution in [2.75, 3.05) is 39.9 Å². The second kappa shape index (κ2) is 10.3. The summed E-state index contributed by atoms with van der Waals surface area (Å²) in [6, 6.07) is 14.2. The first-order valence-electron chi connectivity index (χ1n) is 9.48. The van der Waals surface area contributed by atoms with Crippen LogP contribution in [0.15, 0.2) is 42.5 Å². The lowest BCUT2D eigenvalue weighted by molar-refractivity contribution is -0.927. The highest BCUT2D eigenvalue weighted by Gasteiger charge is 2.25. The minimum atomic E-state index is 0.280. The normalized spacial score (nSPS) is 19.8. The molecule has 1 aliphatic rings. The maximum absolute atomic E-state index is 6.34. The van der Waals surface area contributed by atoms with Gasteiger partial charge in [0.2, 0.25) is 0 Å². The van der Waals surface area contributed by atoms with E-state index in [-0.39, 0.29) is 6.10 Å². The van der Waals surface area contributed by atoms with Crippen LogP contribution in [0.4, 0.5) is 0 Å². The minimum absolute atomic E-state index is 0.280. The van der Waals surface area contributed by atoms with Crippen LogP contribution in [0.5, 0.6) is 5.75 Å². The van der Waals surface area contributed by atoms with Gasteiger partial charge in [0.1, 0.15) is 31.9 Å². The molecule has 0 amide bonds. The van der Waals surface area contributed by atoms with Crippen LogP contribution < -0.4 is 15.0 Å². The van der Waals surface area contributed by atoms with Crippen LogP contribution in [0.3, 0.4) is 0 Å². The van der Waals surface area contributed by atoms with Crippen molar-refractivity contribution in [1.29, 1.82) is 0 Å². The van der Waals surface area contributed by atoms with E-state index in [1.807, 2.05) is 24.3 Å². The molecule has 0 bridgehead atoms. The molecule has 4 nitrogen and oxygen atoms in total. The van der Waals surface area contributed by atoms with Gasteiger partial charge in [-0.25, -0.2) is 0 Å². The Balaban J connectivity index is 1.41. The highest BCUT2D eigenvalue weighted by Crippen LogP contribution is 2.24. The third-order valence-electron chi connectivity index (χ3n) is 5.02. The smallest absolute Gasteiger partial charge is 0.155 e. The van der Waals surface area contributed by atoms with E-state index in [9.17, 15) is 0 Å². The van der Waals surface area contributed by atoms with Gasteiger partial charge < -0.3 is 19.7 Å². The van der Waals surface area contributed by atoms with E-state index in [0.29, 0.717) is 10.0 Å². The van der Waals surface area contributed by atoms with Gasteiger partial charge in [-0.3, -0.25) is 0 Å². The van der Waals surface area contributed by atoms with Crippen LogP contribution in [-0.4, -0.2) is 46.0 Å². The fourth-order valence-electron chi connectivity index (χ4n) is 3.48. The van der Waals surface area contributed by atoms with Gasteiger partial charge in [-0.05, 0) is 23.8 Å². The minimum Gasteiger partial charge on any atom is -0.497 e. The number of benzene rings is 2. The first kappa shape index (κ1) is 20.4. The highest BCUT2D eigenvalue weighted by molar-refractivity contribution is 6.42. The third-order valence-corrected chi connectivity index (χ3v) is 5.88. The molecule has 6 heteroatoms. The molecule has 0 saturated carbocycles. The molecule has 2 unspecified atom stereocenters. The zero-order valence-corrected chi connectivity index (χ0v) is 17.2. The van der Waals surface area contributed by atoms with Gasteiger partial charge in [0.25, 0.3) is 0 Å². The number of methoxy groups -OCH3 is 1. The standard InChI is InChI=1S/C21H26Cl2N2O2/c1-26-18-7-5-16(6-8-18)9-10-24-13-19-15-25(11-12-27-19)14-17-3-2-4-20(22)21(17)23/h2-8,19,24H,9-15H2,1H3/p+2. The van der Waals surface area contributed by atoms with Crippen molar-refractivity contribution < 1.29 is 19.7 Å². The number of nitrogens with one attached hydrogen (secondary N) is 1. The summed E-state index contributed by atoms with van der Waals surface area (Å²) in [5.74, 6) is 0.904. The Morgan fingerprint density at radius 2 is 2.00 bits per heavy atom. The Hall–Kier alpha value is -1.30. The van der Waals surface area contributed by atoms with Gasteiger partial charge >= 0.3 is 0 Å². The largest absolute Gasteiger partial charge is 0.497 e. The first-order chi connectivity index (χ1) is 13.2. The molecule has 1 saturated heterocycles. The number of halogens is 2. The molecule has 146 valence electrons. The summed E-state index contributed by atoms with van der Waals surface area (Å²) in [5, 5.41) is 3.66. The number of hydrogen-bond acceptors (Lipinski definition) is 2. The molecule has 0 aliphatic carbocycles. The Morgan fingerprint density at radius 1 is 1.19 bits per heavy atom. The monoisotopic (exact) mass is 410 g/mol. The molecule has 1 aliphatic heterocycles. The average molecular weight is 411 g/mol. The van der Waals surface area contributed by atoms with Crippen LogP contribution in [0.25, 0.3) is 0 Å². The molecule has 0 spiro atoms.